The van der Waals surface area contributed by atoms with Crippen LogP contribution in [-0.4, -0.2) is 29.3 Å². The van der Waals surface area contributed by atoms with Crippen molar-refractivity contribution >= 4 is 28.7 Å². The molecule has 2 amide bonds. The number of carbonyl (C=O) groups is 2. The molecule has 2 rings (SSSR count). The van der Waals surface area contributed by atoms with E-state index in [-0.39, 0.29) is 24.3 Å². The Bertz CT molecular complexity index is 555. The number of rotatable bonds is 4. The monoisotopic (exact) mass is 305 g/mol. The van der Waals surface area contributed by atoms with Gasteiger partial charge in [0, 0.05) is 12.7 Å². The number of carbonyl (C=O) groups excluding carboxylic acids is 2. The topological polar surface area (TPSA) is 70.6 Å². The van der Waals surface area contributed by atoms with E-state index in [2.05, 4.69) is 15.6 Å². The molecule has 0 aromatic heterocycles. The Labute approximate surface area is 128 Å². The fourth-order valence-corrected chi connectivity index (χ4v) is 2.81. The highest BCUT2D eigenvalue weighted by atomic mass is 32.2. The van der Waals surface area contributed by atoms with E-state index in [9.17, 15) is 9.59 Å². The SMILES string of the molecule is CC(=O)NC(CC(=O)NC1=NCCS1)c1ccc(C)cc1. The average Bonchev–Trinajstić information content (AvgIpc) is 2.91. The molecule has 6 heteroatoms. The zero-order valence-electron chi connectivity index (χ0n) is 12.2. The lowest BCUT2D eigenvalue weighted by Gasteiger charge is -2.18. The predicted octanol–water partition coefficient (Wildman–Crippen LogP) is 1.78. The number of amides is 2. The summed E-state index contributed by atoms with van der Waals surface area (Å²) in [5.41, 5.74) is 2.06. The van der Waals surface area contributed by atoms with E-state index in [4.69, 9.17) is 0 Å². The summed E-state index contributed by atoms with van der Waals surface area (Å²) in [7, 11) is 0. The Kier molecular flexibility index (Phi) is 5.38. The molecule has 1 atom stereocenters. The first-order chi connectivity index (χ1) is 10.0. The maximum absolute atomic E-state index is 12.1. The summed E-state index contributed by atoms with van der Waals surface area (Å²) in [6.07, 6.45) is 0.197. The molecule has 1 aromatic rings. The third kappa shape index (κ3) is 4.90. The van der Waals surface area contributed by atoms with Crippen molar-refractivity contribution in [2.45, 2.75) is 26.3 Å². The van der Waals surface area contributed by atoms with Gasteiger partial charge in [0.1, 0.15) is 0 Å². The van der Waals surface area contributed by atoms with Gasteiger partial charge >= 0.3 is 0 Å². The fourth-order valence-electron chi connectivity index (χ4n) is 2.06. The van der Waals surface area contributed by atoms with E-state index < -0.39 is 0 Å². The number of amidine groups is 1. The van der Waals surface area contributed by atoms with Gasteiger partial charge in [0.15, 0.2) is 5.17 Å². The van der Waals surface area contributed by atoms with Gasteiger partial charge in [-0.25, -0.2) is 0 Å². The van der Waals surface area contributed by atoms with Crippen molar-refractivity contribution in [1.29, 1.82) is 0 Å². The molecule has 1 aliphatic heterocycles. The molecule has 0 bridgehead atoms. The summed E-state index contributed by atoms with van der Waals surface area (Å²) in [6.45, 7) is 4.20. The lowest BCUT2D eigenvalue weighted by atomic mass is 10.0. The van der Waals surface area contributed by atoms with Gasteiger partial charge in [-0.2, -0.15) is 0 Å². The minimum Gasteiger partial charge on any atom is -0.349 e. The lowest BCUT2D eigenvalue weighted by molar-refractivity contribution is -0.121. The normalized spacial score (nSPS) is 15.2. The van der Waals surface area contributed by atoms with E-state index in [1.165, 1.54) is 6.92 Å². The third-order valence-electron chi connectivity index (χ3n) is 3.08. The van der Waals surface area contributed by atoms with Crippen LogP contribution < -0.4 is 10.6 Å². The van der Waals surface area contributed by atoms with E-state index >= 15 is 0 Å². The number of nitrogens with one attached hydrogen (secondary N) is 2. The smallest absolute Gasteiger partial charge is 0.228 e. The third-order valence-corrected chi connectivity index (χ3v) is 3.97. The second-order valence-corrected chi connectivity index (χ2v) is 6.04. The zero-order chi connectivity index (χ0) is 15.2. The van der Waals surface area contributed by atoms with Gasteiger partial charge in [0.05, 0.1) is 19.0 Å². The van der Waals surface area contributed by atoms with Gasteiger partial charge in [-0.05, 0) is 12.5 Å². The minimum atomic E-state index is -0.324. The predicted molar refractivity (Wildman–Crippen MR) is 85.3 cm³/mol. The van der Waals surface area contributed by atoms with Crippen LogP contribution in [0.15, 0.2) is 29.3 Å². The van der Waals surface area contributed by atoms with Crippen molar-refractivity contribution in [3.05, 3.63) is 35.4 Å². The van der Waals surface area contributed by atoms with Gasteiger partial charge in [0.25, 0.3) is 0 Å². The highest BCUT2D eigenvalue weighted by molar-refractivity contribution is 8.14. The van der Waals surface area contributed by atoms with Gasteiger partial charge in [0.2, 0.25) is 11.8 Å². The van der Waals surface area contributed by atoms with Crippen molar-refractivity contribution < 1.29 is 9.59 Å². The average molecular weight is 305 g/mol. The summed E-state index contributed by atoms with van der Waals surface area (Å²) in [5.74, 6) is 0.617. The lowest BCUT2D eigenvalue weighted by Crippen LogP contribution is -2.34. The Morgan fingerprint density at radius 2 is 2.05 bits per heavy atom. The second-order valence-electron chi connectivity index (χ2n) is 4.95. The molecule has 0 saturated heterocycles. The second kappa shape index (κ2) is 7.26. The summed E-state index contributed by atoms with van der Waals surface area (Å²) < 4.78 is 0. The van der Waals surface area contributed by atoms with Crippen molar-refractivity contribution in [3.8, 4) is 0 Å². The molecule has 5 nitrogen and oxygen atoms in total. The van der Waals surface area contributed by atoms with Crippen LogP contribution in [0.2, 0.25) is 0 Å². The van der Waals surface area contributed by atoms with Crippen molar-refractivity contribution in [2.75, 3.05) is 12.3 Å². The molecule has 112 valence electrons. The maximum atomic E-state index is 12.1. The van der Waals surface area contributed by atoms with Gasteiger partial charge in [-0.1, -0.05) is 41.6 Å². The summed E-state index contributed by atoms with van der Waals surface area (Å²) in [6, 6.07) is 7.49. The minimum absolute atomic E-state index is 0.137. The molecule has 0 fully saturated rings. The molecule has 1 heterocycles. The number of aryl methyl sites for hydroxylation is 1. The summed E-state index contributed by atoms with van der Waals surface area (Å²) >= 11 is 1.54. The summed E-state index contributed by atoms with van der Waals surface area (Å²) in [5, 5.41) is 6.28. The highest BCUT2D eigenvalue weighted by Gasteiger charge is 2.19. The van der Waals surface area contributed by atoms with Crippen LogP contribution in [0.4, 0.5) is 0 Å². The van der Waals surface area contributed by atoms with Crippen molar-refractivity contribution in [2.24, 2.45) is 4.99 Å². The number of hydrogen-bond acceptors (Lipinski definition) is 4. The Balaban J connectivity index is 2.03. The molecule has 0 radical (unpaired) electrons. The van der Waals surface area contributed by atoms with E-state index in [1.54, 1.807) is 11.8 Å². The van der Waals surface area contributed by atoms with Gasteiger partial charge in [-0.3, -0.25) is 14.6 Å². The molecule has 2 N–H and O–H groups in total. The van der Waals surface area contributed by atoms with Gasteiger partial charge in [-0.15, -0.1) is 0 Å². The number of nitrogens with zero attached hydrogens (tertiary/aromatic N) is 1. The number of hydrogen-bond donors (Lipinski definition) is 2. The van der Waals surface area contributed by atoms with Crippen molar-refractivity contribution in [3.63, 3.8) is 0 Å². The molecule has 21 heavy (non-hydrogen) atoms. The van der Waals surface area contributed by atoms with Crippen molar-refractivity contribution in [1.82, 2.24) is 10.6 Å². The number of benzene rings is 1. The first-order valence-corrected chi connectivity index (χ1v) is 7.84. The molecule has 1 aromatic carbocycles. The fraction of sp³-hybridized carbons (Fsp3) is 0.400. The summed E-state index contributed by atoms with van der Waals surface area (Å²) in [4.78, 5) is 27.6. The highest BCUT2D eigenvalue weighted by Crippen LogP contribution is 2.18. The first kappa shape index (κ1) is 15.6. The van der Waals surface area contributed by atoms with Crippen LogP contribution in [0.5, 0.6) is 0 Å². The Morgan fingerprint density at radius 1 is 1.33 bits per heavy atom. The molecule has 0 spiro atoms. The number of aliphatic imine (C=N–C) groups is 1. The molecule has 1 aliphatic rings. The molecule has 0 aliphatic carbocycles. The van der Waals surface area contributed by atoms with Crippen LogP contribution in [-0.2, 0) is 9.59 Å². The quantitative estimate of drug-likeness (QED) is 0.891. The molecule has 1 unspecified atom stereocenters. The van der Waals surface area contributed by atoms with Crippen LogP contribution in [0.3, 0.4) is 0 Å². The van der Waals surface area contributed by atoms with E-state index in [0.29, 0.717) is 5.17 Å². The largest absolute Gasteiger partial charge is 0.349 e. The van der Waals surface area contributed by atoms with E-state index in [1.807, 2.05) is 31.2 Å². The molecular weight excluding hydrogens is 286 g/mol. The first-order valence-electron chi connectivity index (χ1n) is 6.85. The molecular formula is C15H19N3O2S. The maximum Gasteiger partial charge on any atom is 0.228 e. The van der Waals surface area contributed by atoms with Crippen LogP contribution in [0, 0.1) is 6.92 Å². The van der Waals surface area contributed by atoms with Gasteiger partial charge < -0.3 is 10.6 Å². The standard InChI is InChI=1S/C15H19N3O2S/c1-10-3-5-12(6-4-10)13(17-11(2)19)9-14(20)18-15-16-7-8-21-15/h3-6,13H,7-9H2,1-2H3,(H,17,19)(H,16,18,20). The van der Waals surface area contributed by atoms with Crippen LogP contribution >= 0.6 is 11.8 Å². The molecule has 0 saturated carbocycles. The van der Waals surface area contributed by atoms with E-state index in [0.717, 1.165) is 23.4 Å². The Morgan fingerprint density at radius 3 is 2.62 bits per heavy atom. The van der Waals surface area contributed by atoms with Crippen LogP contribution in [0.1, 0.15) is 30.5 Å². The van der Waals surface area contributed by atoms with Crippen LogP contribution in [0.25, 0.3) is 0 Å². The Hall–Kier alpha value is -1.82. The zero-order valence-corrected chi connectivity index (χ0v) is 13.0. The number of thioether (sulfide) groups is 1.